The quantitative estimate of drug-likeness (QED) is 0.737. The van der Waals surface area contributed by atoms with Gasteiger partial charge in [0.1, 0.15) is 18.7 Å². The Kier molecular flexibility index (Phi) is 6.84. The Labute approximate surface area is 137 Å². The van der Waals surface area contributed by atoms with Crippen molar-refractivity contribution in [2.45, 2.75) is 45.6 Å². The number of likely N-dealkylation sites (tertiary alicyclic amines) is 1. The number of hydrogen-bond donors (Lipinski definition) is 0. The van der Waals surface area contributed by atoms with Crippen LogP contribution in [0.2, 0.25) is 0 Å². The molecule has 0 aromatic rings. The molecule has 0 saturated carbocycles. The van der Waals surface area contributed by atoms with Crippen LogP contribution in [0, 0.1) is 28.6 Å². The number of carbonyl (C=O) groups excluding carboxylic acids is 2. The van der Waals surface area contributed by atoms with Crippen LogP contribution in [0.1, 0.15) is 40.0 Å². The Morgan fingerprint density at radius 1 is 1.17 bits per heavy atom. The SMILES string of the molecule is CC(C)(C)OC(=O)N1CCC(CC(=O)N(CC#N)CC#N)CC1. The topological polar surface area (TPSA) is 97.4 Å². The number of carbonyl (C=O) groups is 2. The smallest absolute Gasteiger partial charge is 0.410 e. The summed E-state index contributed by atoms with van der Waals surface area (Å²) in [5.74, 6) is -0.00936. The number of amides is 2. The molecule has 1 aliphatic heterocycles. The van der Waals surface area contributed by atoms with Gasteiger partial charge >= 0.3 is 6.09 Å². The molecule has 0 bridgehead atoms. The van der Waals surface area contributed by atoms with E-state index in [0.717, 1.165) is 12.8 Å². The van der Waals surface area contributed by atoms with Crippen LogP contribution in [0.5, 0.6) is 0 Å². The molecule has 1 aliphatic rings. The Balaban J connectivity index is 2.44. The first-order valence-corrected chi connectivity index (χ1v) is 7.76. The molecule has 1 heterocycles. The van der Waals surface area contributed by atoms with Gasteiger partial charge in [0.05, 0.1) is 12.1 Å². The summed E-state index contributed by atoms with van der Waals surface area (Å²) in [5.41, 5.74) is -0.515. The Morgan fingerprint density at radius 2 is 1.70 bits per heavy atom. The van der Waals surface area contributed by atoms with Crippen LogP contribution in [0.25, 0.3) is 0 Å². The van der Waals surface area contributed by atoms with Crippen LogP contribution < -0.4 is 0 Å². The lowest BCUT2D eigenvalue weighted by atomic mass is 9.93. The largest absolute Gasteiger partial charge is 0.444 e. The lowest BCUT2D eigenvalue weighted by Gasteiger charge is -2.33. The minimum Gasteiger partial charge on any atom is -0.444 e. The third-order valence-corrected chi connectivity index (χ3v) is 3.61. The fourth-order valence-corrected chi connectivity index (χ4v) is 2.43. The molecular formula is C16H24N4O3. The Hall–Kier alpha value is -2.28. The van der Waals surface area contributed by atoms with Crippen molar-refractivity contribution in [2.75, 3.05) is 26.2 Å². The van der Waals surface area contributed by atoms with Crippen LogP contribution in [-0.4, -0.2) is 53.6 Å². The fraction of sp³-hybridized carbons (Fsp3) is 0.750. The van der Waals surface area contributed by atoms with Gasteiger partial charge in [-0.25, -0.2) is 4.79 Å². The molecule has 0 aliphatic carbocycles. The fourth-order valence-electron chi connectivity index (χ4n) is 2.43. The van der Waals surface area contributed by atoms with Crippen molar-refractivity contribution >= 4 is 12.0 Å². The van der Waals surface area contributed by atoms with Crippen molar-refractivity contribution in [1.82, 2.24) is 9.80 Å². The molecule has 0 atom stereocenters. The summed E-state index contributed by atoms with van der Waals surface area (Å²) in [6.07, 6.45) is 1.43. The normalized spacial score (nSPS) is 15.4. The first kappa shape index (κ1) is 18.8. The molecule has 1 saturated heterocycles. The molecule has 0 N–H and O–H groups in total. The minimum absolute atomic E-state index is 0.0663. The monoisotopic (exact) mass is 320 g/mol. The van der Waals surface area contributed by atoms with Crippen molar-refractivity contribution in [3.63, 3.8) is 0 Å². The van der Waals surface area contributed by atoms with Gasteiger partial charge in [-0.3, -0.25) is 4.79 Å². The van der Waals surface area contributed by atoms with E-state index in [1.165, 1.54) is 4.90 Å². The van der Waals surface area contributed by atoms with E-state index in [2.05, 4.69) is 0 Å². The van der Waals surface area contributed by atoms with Crippen molar-refractivity contribution in [3.05, 3.63) is 0 Å². The molecule has 7 heteroatoms. The van der Waals surface area contributed by atoms with Gasteiger partial charge in [0.2, 0.25) is 5.91 Å². The predicted molar refractivity (Wildman–Crippen MR) is 83.0 cm³/mol. The lowest BCUT2D eigenvalue weighted by molar-refractivity contribution is -0.131. The first-order valence-electron chi connectivity index (χ1n) is 7.76. The summed E-state index contributed by atoms with van der Waals surface area (Å²) in [4.78, 5) is 27.0. The van der Waals surface area contributed by atoms with Crippen LogP contribution in [-0.2, 0) is 9.53 Å². The maximum atomic E-state index is 12.1. The third kappa shape index (κ3) is 6.56. The summed E-state index contributed by atoms with van der Waals surface area (Å²) in [6.45, 7) is 6.47. The summed E-state index contributed by atoms with van der Waals surface area (Å²) in [6, 6.07) is 3.80. The van der Waals surface area contributed by atoms with Gasteiger partial charge in [0.25, 0.3) is 0 Å². The van der Waals surface area contributed by atoms with E-state index in [1.807, 2.05) is 32.9 Å². The molecule has 0 aromatic carbocycles. The van der Waals surface area contributed by atoms with Gasteiger partial charge in [-0.1, -0.05) is 0 Å². The standard InChI is InChI=1S/C16H24N4O3/c1-16(2,3)23-15(22)20-8-4-13(5-9-20)12-14(21)19(10-6-17)11-7-18/h13H,4-5,8-12H2,1-3H3. The number of piperidine rings is 1. The second-order valence-corrected chi connectivity index (χ2v) is 6.68. The number of ether oxygens (including phenoxy) is 1. The Morgan fingerprint density at radius 3 is 2.13 bits per heavy atom. The molecule has 2 amide bonds. The molecular weight excluding hydrogens is 296 g/mol. The van der Waals surface area contributed by atoms with Gasteiger partial charge in [-0.15, -0.1) is 0 Å². The zero-order valence-corrected chi connectivity index (χ0v) is 14.0. The van der Waals surface area contributed by atoms with Crippen LogP contribution in [0.3, 0.4) is 0 Å². The van der Waals surface area contributed by atoms with E-state index in [9.17, 15) is 9.59 Å². The van der Waals surface area contributed by atoms with Crippen molar-refractivity contribution in [1.29, 1.82) is 10.5 Å². The maximum Gasteiger partial charge on any atom is 0.410 e. The van der Waals surface area contributed by atoms with Gasteiger partial charge in [0, 0.05) is 19.5 Å². The molecule has 23 heavy (non-hydrogen) atoms. The molecule has 0 spiro atoms. The highest BCUT2D eigenvalue weighted by atomic mass is 16.6. The predicted octanol–water partition coefficient (Wildman–Crippen LogP) is 1.90. The average Bonchev–Trinajstić information content (AvgIpc) is 2.46. The summed E-state index contributed by atoms with van der Waals surface area (Å²) in [7, 11) is 0. The number of rotatable bonds is 4. The van der Waals surface area contributed by atoms with Gasteiger partial charge in [0.15, 0.2) is 0 Å². The van der Waals surface area contributed by atoms with Crippen LogP contribution in [0.15, 0.2) is 0 Å². The molecule has 1 fully saturated rings. The third-order valence-electron chi connectivity index (χ3n) is 3.61. The van der Waals surface area contributed by atoms with Crippen molar-refractivity contribution in [3.8, 4) is 12.1 Å². The molecule has 0 unspecified atom stereocenters. The van der Waals surface area contributed by atoms with Crippen LogP contribution in [0.4, 0.5) is 4.79 Å². The summed E-state index contributed by atoms with van der Waals surface area (Å²) < 4.78 is 5.34. The Bertz CT molecular complexity index is 489. The highest BCUT2D eigenvalue weighted by Crippen LogP contribution is 2.23. The average molecular weight is 320 g/mol. The lowest BCUT2D eigenvalue weighted by Crippen LogP contribution is -2.42. The second-order valence-electron chi connectivity index (χ2n) is 6.68. The number of nitrogens with zero attached hydrogens (tertiary/aromatic N) is 4. The van der Waals surface area contributed by atoms with Crippen LogP contribution >= 0.6 is 0 Å². The van der Waals surface area contributed by atoms with E-state index in [-0.39, 0.29) is 31.0 Å². The zero-order chi connectivity index (χ0) is 17.5. The van der Waals surface area contributed by atoms with Crippen molar-refractivity contribution in [2.24, 2.45) is 5.92 Å². The molecule has 0 radical (unpaired) electrons. The summed E-state index contributed by atoms with van der Waals surface area (Å²) in [5, 5.41) is 17.4. The van der Waals surface area contributed by atoms with E-state index in [0.29, 0.717) is 19.5 Å². The molecule has 1 rings (SSSR count). The number of hydrogen-bond acceptors (Lipinski definition) is 5. The van der Waals surface area contributed by atoms with E-state index in [1.54, 1.807) is 4.90 Å². The van der Waals surface area contributed by atoms with Gasteiger partial charge < -0.3 is 14.5 Å². The van der Waals surface area contributed by atoms with Gasteiger partial charge in [-0.05, 0) is 39.5 Å². The zero-order valence-electron chi connectivity index (χ0n) is 14.0. The van der Waals surface area contributed by atoms with Gasteiger partial charge in [-0.2, -0.15) is 10.5 Å². The molecule has 7 nitrogen and oxygen atoms in total. The minimum atomic E-state index is -0.515. The first-order chi connectivity index (χ1) is 10.8. The van der Waals surface area contributed by atoms with E-state index < -0.39 is 5.60 Å². The summed E-state index contributed by atoms with van der Waals surface area (Å²) >= 11 is 0. The van der Waals surface area contributed by atoms with E-state index >= 15 is 0 Å². The second kappa shape index (κ2) is 8.38. The number of nitriles is 2. The molecule has 126 valence electrons. The maximum absolute atomic E-state index is 12.1. The highest BCUT2D eigenvalue weighted by Gasteiger charge is 2.28. The highest BCUT2D eigenvalue weighted by molar-refractivity contribution is 5.77. The van der Waals surface area contributed by atoms with E-state index in [4.69, 9.17) is 15.3 Å². The van der Waals surface area contributed by atoms with Crippen molar-refractivity contribution < 1.29 is 14.3 Å². The molecule has 0 aromatic heterocycles.